The van der Waals surface area contributed by atoms with E-state index in [1.807, 2.05) is 54.6 Å². The Morgan fingerprint density at radius 3 is 2.28 bits per heavy atom. The summed E-state index contributed by atoms with van der Waals surface area (Å²) in [5.41, 5.74) is 3.48. The van der Waals surface area contributed by atoms with Gasteiger partial charge < -0.3 is 0 Å². The van der Waals surface area contributed by atoms with Crippen LogP contribution in [0.2, 0.25) is 5.02 Å². The number of hydrogen-bond acceptors (Lipinski definition) is 5. The van der Waals surface area contributed by atoms with Crippen molar-refractivity contribution < 1.29 is 18.0 Å². The van der Waals surface area contributed by atoms with Crippen molar-refractivity contribution in [1.29, 1.82) is 0 Å². The molecule has 0 saturated heterocycles. The number of benzene rings is 3. The van der Waals surface area contributed by atoms with Crippen molar-refractivity contribution in [3.05, 3.63) is 112 Å². The average Bonchev–Trinajstić information content (AvgIpc) is 3.10. The molecule has 0 fully saturated rings. The van der Waals surface area contributed by atoms with E-state index in [1.165, 1.54) is 12.1 Å². The molecule has 1 aliphatic heterocycles. The second-order valence-corrected chi connectivity index (χ2v) is 11.3. The average molecular weight is 517 g/mol. The van der Waals surface area contributed by atoms with Crippen molar-refractivity contribution in [3.63, 3.8) is 0 Å². The summed E-state index contributed by atoms with van der Waals surface area (Å²) in [5, 5.41) is 0.289. The molecule has 0 saturated carbocycles. The maximum atomic E-state index is 12.9. The van der Waals surface area contributed by atoms with E-state index >= 15 is 0 Å². The number of nitrogens with zero attached hydrogens (tertiary/aromatic N) is 2. The van der Waals surface area contributed by atoms with Gasteiger partial charge in [0.15, 0.2) is 9.84 Å². The van der Waals surface area contributed by atoms with Gasteiger partial charge in [0.2, 0.25) is 0 Å². The molecule has 1 aliphatic rings. The van der Waals surface area contributed by atoms with Crippen molar-refractivity contribution in [2.75, 3.05) is 6.26 Å². The Balaban J connectivity index is 1.41. The minimum atomic E-state index is -3.78. The van der Waals surface area contributed by atoms with Crippen LogP contribution in [0.15, 0.2) is 78.9 Å². The Morgan fingerprint density at radius 1 is 0.889 bits per heavy atom. The molecule has 2 heterocycles. The lowest BCUT2D eigenvalue weighted by molar-refractivity contribution is 0.0631. The minimum absolute atomic E-state index is 0.0152. The summed E-state index contributed by atoms with van der Waals surface area (Å²) in [7, 11) is -3.78. The van der Waals surface area contributed by atoms with Crippen LogP contribution in [0.25, 0.3) is 23.1 Å². The van der Waals surface area contributed by atoms with Gasteiger partial charge in [0.25, 0.3) is 11.8 Å². The molecule has 0 bridgehead atoms. The topological polar surface area (TPSA) is 84.4 Å². The zero-order chi connectivity index (χ0) is 25.4. The third kappa shape index (κ3) is 4.67. The van der Waals surface area contributed by atoms with Gasteiger partial charge in [-0.1, -0.05) is 66.2 Å². The first-order chi connectivity index (χ1) is 17.2. The van der Waals surface area contributed by atoms with Crippen LogP contribution in [-0.4, -0.2) is 41.7 Å². The molecule has 180 valence electrons. The molecule has 6 nitrogen and oxygen atoms in total. The number of halogens is 1. The third-order valence-electron chi connectivity index (χ3n) is 6.09. The number of carbonyl (C=O) groups is 2. The molecule has 1 atom stereocenters. The van der Waals surface area contributed by atoms with Crippen LogP contribution in [0.3, 0.4) is 0 Å². The Labute approximate surface area is 213 Å². The number of hydrogen-bond donors (Lipinski definition) is 0. The number of amides is 2. The molecule has 1 aromatic heterocycles. The van der Waals surface area contributed by atoms with Crippen molar-refractivity contribution in [2.24, 2.45) is 0 Å². The molecule has 5 rings (SSSR count). The Morgan fingerprint density at radius 2 is 1.58 bits per heavy atom. The Kier molecular flexibility index (Phi) is 6.20. The number of fused-ring (bicyclic) bond motifs is 2. The van der Waals surface area contributed by atoms with E-state index in [1.54, 1.807) is 24.3 Å². The Bertz CT molecular complexity index is 1630. The van der Waals surface area contributed by atoms with E-state index in [0.717, 1.165) is 33.3 Å². The lowest BCUT2D eigenvalue weighted by Gasteiger charge is -2.24. The highest BCUT2D eigenvalue weighted by Crippen LogP contribution is 2.28. The number of imide groups is 1. The zero-order valence-corrected chi connectivity index (χ0v) is 20.8. The van der Waals surface area contributed by atoms with E-state index in [4.69, 9.17) is 11.6 Å². The second kappa shape index (κ2) is 9.33. The first kappa shape index (κ1) is 23.9. The fraction of sp³-hybridized carbons (Fsp3) is 0.107. The van der Waals surface area contributed by atoms with Crippen molar-refractivity contribution in [1.82, 2.24) is 9.88 Å². The zero-order valence-electron chi connectivity index (χ0n) is 19.3. The number of rotatable bonds is 6. The summed E-state index contributed by atoms with van der Waals surface area (Å²) in [6.07, 6.45) is 4.76. The van der Waals surface area contributed by atoms with Crippen LogP contribution >= 0.6 is 11.6 Å². The largest absolute Gasteiger partial charge is 0.269 e. The molecule has 8 heteroatoms. The van der Waals surface area contributed by atoms with Gasteiger partial charge in [0, 0.05) is 23.1 Å². The smallest absolute Gasteiger partial charge is 0.262 e. The van der Waals surface area contributed by atoms with E-state index < -0.39 is 27.0 Å². The highest BCUT2D eigenvalue weighted by atomic mass is 35.5. The standard InChI is InChI=1S/C28H21ClN2O4S/c1-36(34,35)26(31-27(32)23-7-2-3-8-24(23)28(31)33)16-19-6-4-5-18(15-19)9-13-22-14-11-20-10-12-21(29)17-25(20)30-22/h2-15,17,26H,16H2,1H3/b13-9+. The lowest BCUT2D eigenvalue weighted by atomic mass is 10.1. The van der Waals surface area contributed by atoms with E-state index in [9.17, 15) is 18.0 Å². The maximum absolute atomic E-state index is 12.9. The summed E-state index contributed by atoms with van der Waals surface area (Å²) >= 11 is 6.08. The van der Waals surface area contributed by atoms with Crippen LogP contribution in [0.1, 0.15) is 37.5 Å². The third-order valence-corrected chi connectivity index (χ3v) is 7.69. The summed E-state index contributed by atoms with van der Waals surface area (Å²) in [6.45, 7) is 0. The van der Waals surface area contributed by atoms with E-state index in [0.29, 0.717) is 10.6 Å². The molecule has 0 radical (unpaired) electrons. The van der Waals surface area contributed by atoms with Crippen LogP contribution < -0.4 is 0 Å². The van der Waals surface area contributed by atoms with Crippen molar-refractivity contribution in [2.45, 2.75) is 11.8 Å². The maximum Gasteiger partial charge on any atom is 0.262 e. The predicted molar refractivity (Wildman–Crippen MR) is 141 cm³/mol. The molecule has 3 aromatic carbocycles. The van der Waals surface area contributed by atoms with Gasteiger partial charge in [-0.3, -0.25) is 14.5 Å². The number of pyridine rings is 1. The van der Waals surface area contributed by atoms with Gasteiger partial charge in [0.05, 0.1) is 22.3 Å². The number of carbonyl (C=O) groups excluding carboxylic acids is 2. The molecular formula is C28H21ClN2O4S. The summed E-state index contributed by atoms with van der Waals surface area (Å²) in [6, 6.07) is 23.1. The monoisotopic (exact) mass is 516 g/mol. The van der Waals surface area contributed by atoms with Gasteiger partial charge in [-0.05, 0) is 47.5 Å². The fourth-order valence-corrected chi connectivity index (χ4v) is 5.55. The molecule has 2 amide bonds. The SMILES string of the molecule is CS(=O)(=O)C(Cc1cccc(/C=C/c2ccc3ccc(Cl)cc3n2)c1)N1C(=O)c2ccccc2C1=O. The molecule has 0 aliphatic carbocycles. The quantitative estimate of drug-likeness (QED) is 0.326. The predicted octanol–water partition coefficient (Wildman–Crippen LogP) is 5.27. The summed E-state index contributed by atoms with van der Waals surface area (Å²) in [4.78, 5) is 31.4. The van der Waals surface area contributed by atoms with E-state index in [-0.39, 0.29) is 17.5 Å². The van der Waals surface area contributed by atoms with Crippen LogP contribution in [0, 0.1) is 0 Å². The van der Waals surface area contributed by atoms with Crippen LogP contribution in [0.5, 0.6) is 0 Å². The Hall–Kier alpha value is -3.81. The number of aromatic nitrogens is 1. The first-order valence-corrected chi connectivity index (χ1v) is 13.5. The molecule has 0 N–H and O–H groups in total. The first-order valence-electron chi connectivity index (χ1n) is 11.2. The normalized spacial score (nSPS) is 14.6. The van der Waals surface area contributed by atoms with Crippen LogP contribution in [-0.2, 0) is 16.3 Å². The van der Waals surface area contributed by atoms with Gasteiger partial charge in [0.1, 0.15) is 5.37 Å². The highest BCUT2D eigenvalue weighted by molar-refractivity contribution is 7.91. The molecule has 4 aromatic rings. The molecule has 1 unspecified atom stereocenters. The lowest BCUT2D eigenvalue weighted by Crippen LogP contribution is -2.45. The van der Waals surface area contributed by atoms with Gasteiger partial charge in [-0.25, -0.2) is 13.4 Å². The molecule has 0 spiro atoms. The van der Waals surface area contributed by atoms with E-state index in [2.05, 4.69) is 4.98 Å². The minimum Gasteiger partial charge on any atom is -0.269 e. The van der Waals surface area contributed by atoms with Crippen molar-refractivity contribution in [3.8, 4) is 0 Å². The van der Waals surface area contributed by atoms with Crippen molar-refractivity contribution >= 4 is 56.3 Å². The summed E-state index contributed by atoms with van der Waals surface area (Å²) in [5.74, 6) is -1.19. The molecule has 36 heavy (non-hydrogen) atoms. The second-order valence-electron chi connectivity index (χ2n) is 8.67. The molecular weight excluding hydrogens is 496 g/mol. The van der Waals surface area contributed by atoms with Crippen LogP contribution in [0.4, 0.5) is 0 Å². The number of sulfone groups is 1. The van der Waals surface area contributed by atoms with Gasteiger partial charge in [-0.15, -0.1) is 0 Å². The summed E-state index contributed by atoms with van der Waals surface area (Å²) < 4.78 is 25.4. The van der Waals surface area contributed by atoms with Gasteiger partial charge in [-0.2, -0.15) is 0 Å². The fourth-order valence-electron chi connectivity index (χ4n) is 4.31. The van der Waals surface area contributed by atoms with Gasteiger partial charge >= 0.3 is 0 Å². The highest BCUT2D eigenvalue weighted by Gasteiger charge is 2.43.